The summed E-state index contributed by atoms with van der Waals surface area (Å²) in [5, 5.41) is 3.03. The fraction of sp³-hybridized carbons (Fsp3) is 0.500. The predicted molar refractivity (Wildman–Crippen MR) is 70.3 cm³/mol. The van der Waals surface area contributed by atoms with Crippen LogP contribution in [0.1, 0.15) is 36.0 Å². The Bertz CT molecular complexity index is 407. The quantitative estimate of drug-likeness (QED) is 0.838. The second kappa shape index (κ2) is 6.19. The van der Waals surface area contributed by atoms with E-state index in [9.17, 15) is 9.18 Å². The van der Waals surface area contributed by atoms with Crippen molar-refractivity contribution < 1.29 is 9.18 Å². The summed E-state index contributed by atoms with van der Waals surface area (Å²) in [6, 6.07) is 5.56. The van der Waals surface area contributed by atoms with E-state index >= 15 is 0 Å². The van der Waals surface area contributed by atoms with E-state index in [-0.39, 0.29) is 17.1 Å². The van der Waals surface area contributed by atoms with E-state index in [1.165, 1.54) is 37.1 Å². The van der Waals surface area contributed by atoms with Gasteiger partial charge < -0.3 is 5.32 Å². The van der Waals surface area contributed by atoms with Crippen LogP contribution in [-0.2, 0) is 0 Å². The highest BCUT2D eigenvalue weighted by Crippen LogP contribution is 2.28. The van der Waals surface area contributed by atoms with Gasteiger partial charge in [-0.1, -0.05) is 12.8 Å². The van der Waals surface area contributed by atoms with Gasteiger partial charge in [-0.3, -0.25) is 4.79 Å². The minimum atomic E-state index is -0.334. The van der Waals surface area contributed by atoms with Crippen molar-refractivity contribution in [2.45, 2.75) is 31.1 Å². The van der Waals surface area contributed by atoms with E-state index in [0.29, 0.717) is 18.0 Å². The average molecular weight is 270 g/mol. The van der Waals surface area contributed by atoms with Gasteiger partial charge in [0.15, 0.2) is 0 Å². The number of rotatable bonds is 3. The summed E-state index contributed by atoms with van der Waals surface area (Å²) in [7, 11) is 0. The Balaban J connectivity index is 1.86. The maximum Gasteiger partial charge on any atom is 0.251 e. The molecule has 1 aromatic rings. The Morgan fingerprint density at radius 1 is 1.28 bits per heavy atom. The van der Waals surface area contributed by atoms with Crippen molar-refractivity contribution >= 4 is 17.5 Å². The van der Waals surface area contributed by atoms with E-state index in [1.54, 1.807) is 0 Å². The van der Waals surface area contributed by atoms with Crippen LogP contribution in [0.25, 0.3) is 0 Å². The minimum Gasteiger partial charge on any atom is -0.352 e. The number of nitrogens with one attached hydrogen (secondary N) is 1. The van der Waals surface area contributed by atoms with Crippen LogP contribution in [0.5, 0.6) is 0 Å². The minimum absolute atomic E-state index is 0.160. The fourth-order valence-corrected chi connectivity index (χ4v) is 2.69. The molecule has 0 aliphatic heterocycles. The molecule has 98 valence electrons. The molecule has 1 fully saturated rings. The normalized spacial score (nSPS) is 23.7. The number of carbonyl (C=O) groups excluding carboxylic acids is 1. The van der Waals surface area contributed by atoms with E-state index in [4.69, 9.17) is 11.6 Å². The maximum absolute atomic E-state index is 12.7. The third-order valence-corrected chi connectivity index (χ3v) is 4.02. The van der Waals surface area contributed by atoms with Crippen LogP contribution in [0.3, 0.4) is 0 Å². The summed E-state index contributed by atoms with van der Waals surface area (Å²) in [5.74, 6) is -0.145. The molecule has 1 saturated carbocycles. The Morgan fingerprint density at radius 2 is 1.94 bits per heavy atom. The van der Waals surface area contributed by atoms with Gasteiger partial charge in [-0.2, -0.15) is 0 Å². The first-order chi connectivity index (χ1) is 8.66. The number of halogens is 2. The highest BCUT2D eigenvalue weighted by Gasteiger charge is 2.23. The van der Waals surface area contributed by atoms with Crippen LogP contribution in [-0.4, -0.2) is 17.8 Å². The lowest BCUT2D eigenvalue weighted by atomic mass is 9.88. The number of benzene rings is 1. The van der Waals surface area contributed by atoms with Crippen molar-refractivity contribution in [3.63, 3.8) is 0 Å². The van der Waals surface area contributed by atoms with Crippen molar-refractivity contribution in [3.05, 3.63) is 35.6 Å². The van der Waals surface area contributed by atoms with Crippen molar-refractivity contribution in [1.82, 2.24) is 5.32 Å². The average Bonchev–Trinajstić information content (AvgIpc) is 2.38. The van der Waals surface area contributed by atoms with Crippen LogP contribution >= 0.6 is 11.6 Å². The topological polar surface area (TPSA) is 29.1 Å². The van der Waals surface area contributed by atoms with E-state index in [1.807, 2.05) is 0 Å². The Kier molecular flexibility index (Phi) is 4.59. The van der Waals surface area contributed by atoms with E-state index < -0.39 is 0 Å². The van der Waals surface area contributed by atoms with Gasteiger partial charge in [0, 0.05) is 17.5 Å². The van der Waals surface area contributed by atoms with Gasteiger partial charge in [0.1, 0.15) is 5.82 Å². The SMILES string of the molecule is O=C(NCC1CCCCC1Cl)c1ccc(F)cc1. The van der Waals surface area contributed by atoms with Crippen molar-refractivity contribution in [2.75, 3.05) is 6.54 Å². The summed E-state index contributed by atoms with van der Waals surface area (Å²) in [6.45, 7) is 0.602. The molecular formula is C14H17ClFNO. The fourth-order valence-electron chi connectivity index (χ4n) is 2.32. The van der Waals surface area contributed by atoms with Crippen LogP contribution in [0.4, 0.5) is 4.39 Å². The molecule has 0 spiro atoms. The van der Waals surface area contributed by atoms with Gasteiger partial charge in [0.25, 0.3) is 5.91 Å². The summed E-state index contributed by atoms with van der Waals surface area (Å²) >= 11 is 6.23. The smallest absolute Gasteiger partial charge is 0.251 e. The summed E-state index contributed by atoms with van der Waals surface area (Å²) < 4.78 is 12.7. The first-order valence-corrected chi connectivity index (χ1v) is 6.78. The predicted octanol–water partition coefficient (Wildman–Crippen LogP) is 3.35. The Labute approximate surface area is 112 Å². The molecule has 2 nitrogen and oxygen atoms in total. The molecule has 0 radical (unpaired) electrons. The van der Waals surface area contributed by atoms with Gasteiger partial charge in [-0.15, -0.1) is 11.6 Å². The molecule has 1 aliphatic carbocycles. The molecule has 18 heavy (non-hydrogen) atoms. The third kappa shape index (κ3) is 3.45. The van der Waals surface area contributed by atoms with Gasteiger partial charge >= 0.3 is 0 Å². The monoisotopic (exact) mass is 269 g/mol. The van der Waals surface area contributed by atoms with Gasteiger partial charge in [0.2, 0.25) is 0 Å². The molecule has 2 rings (SSSR count). The standard InChI is InChI=1S/C14H17ClFNO/c15-13-4-2-1-3-11(13)9-17-14(18)10-5-7-12(16)8-6-10/h5-8,11,13H,1-4,9H2,(H,17,18). The molecule has 1 N–H and O–H groups in total. The first kappa shape index (κ1) is 13.3. The number of alkyl halides is 1. The van der Waals surface area contributed by atoms with Crippen molar-refractivity contribution in [1.29, 1.82) is 0 Å². The Morgan fingerprint density at radius 3 is 2.61 bits per heavy atom. The highest BCUT2D eigenvalue weighted by molar-refractivity contribution is 6.20. The van der Waals surface area contributed by atoms with E-state index in [2.05, 4.69) is 5.32 Å². The number of hydrogen-bond donors (Lipinski definition) is 1. The molecule has 2 unspecified atom stereocenters. The second-order valence-corrected chi connectivity index (χ2v) is 5.34. The molecule has 2 atom stereocenters. The molecule has 1 aliphatic rings. The highest BCUT2D eigenvalue weighted by atomic mass is 35.5. The van der Waals surface area contributed by atoms with Crippen molar-refractivity contribution in [2.24, 2.45) is 5.92 Å². The lowest BCUT2D eigenvalue weighted by Crippen LogP contribution is -2.34. The Hall–Kier alpha value is -1.09. The van der Waals surface area contributed by atoms with Crippen LogP contribution in [0.2, 0.25) is 0 Å². The van der Waals surface area contributed by atoms with Crippen LogP contribution in [0, 0.1) is 11.7 Å². The number of amides is 1. The molecule has 1 aromatic carbocycles. The largest absolute Gasteiger partial charge is 0.352 e. The van der Waals surface area contributed by atoms with Crippen molar-refractivity contribution in [3.8, 4) is 0 Å². The van der Waals surface area contributed by atoms with E-state index in [0.717, 1.165) is 12.8 Å². The van der Waals surface area contributed by atoms with Gasteiger partial charge in [-0.05, 0) is 43.0 Å². The molecule has 0 aromatic heterocycles. The zero-order valence-corrected chi connectivity index (χ0v) is 10.9. The summed E-state index contributed by atoms with van der Waals surface area (Å²) in [4.78, 5) is 11.8. The zero-order chi connectivity index (χ0) is 13.0. The van der Waals surface area contributed by atoms with Gasteiger partial charge in [-0.25, -0.2) is 4.39 Å². The number of carbonyl (C=O) groups is 1. The molecule has 4 heteroatoms. The second-order valence-electron chi connectivity index (χ2n) is 4.78. The maximum atomic E-state index is 12.7. The lowest BCUT2D eigenvalue weighted by molar-refractivity contribution is 0.0944. The molecular weight excluding hydrogens is 253 g/mol. The van der Waals surface area contributed by atoms with Gasteiger partial charge in [0.05, 0.1) is 0 Å². The molecule has 0 saturated heterocycles. The summed E-state index contributed by atoms with van der Waals surface area (Å²) in [5.41, 5.74) is 0.485. The molecule has 0 bridgehead atoms. The van der Waals surface area contributed by atoms with Crippen LogP contribution < -0.4 is 5.32 Å². The summed E-state index contributed by atoms with van der Waals surface area (Å²) in [6.07, 6.45) is 4.45. The molecule has 1 amide bonds. The third-order valence-electron chi connectivity index (χ3n) is 3.45. The number of hydrogen-bond acceptors (Lipinski definition) is 1. The zero-order valence-electron chi connectivity index (χ0n) is 10.2. The lowest BCUT2D eigenvalue weighted by Gasteiger charge is -2.27. The molecule has 0 heterocycles. The van der Waals surface area contributed by atoms with Crippen LogP contribution in [0.15, 0.2) is 24.3 Å². The first-order valence-electron chi connectivity index (χ1n) is 6.34.